The maximum Gasteiger partial charge on any atom is 0.338 e. The number of hydrogen-bond donors (Lipinski definition) is 1. The monoisotopic (exact) mass is 453 g/mol. The van der Waals surface area contributed by atoms with Gasteiger partial charge in [0.25, 0.3) is 0 Å². The second kappa shape index (κ2) is 10.6. The van der Waals surface area contributed by atoms with E-state index in [1.54, 1.807) is 23.9 Å². The van der Waals surface area contributed by atoms with Crippen LogP contribution < -0.4 is 5.32 Å². The van der Waals surface area contributed by atoms with Crippen molar-refractivity contribution in [2.45, 2.75) is 22.0 Å². The first kappa shape index (κ1) is 20.9. The van der Waals surface area contributed by atoms with Crippen molar-refractivity contribution in [3.05, 3.63) is 58.6 Å². The number of amides is 1. The van der Waals surface area contributed by atoms with Crippen molar-refractivity contribution < 1.29 is 14.3 Å². The third-order valence-electron chi connectivity index (χ3n) is 3.45. The summed E-state index contributed by atoms with van der Waals surface area (Å²) >= 11 is 6.46. The smallest absolute Gasteiger partial charge is 0.338 e. The molecule has 0 bridgehead atoms. The molecule has 1 amide bonds. The Kier molecular flexibility index (Phi) is 8.54. The van der Waals surface area contributed by atoms with Crippen LogP contribution in [0.2, 0.25) is 0 Å². The summed E-state index contributed by atoms with van der Waals surface area (Å²) < 4.78 is 5.84. The number of carbonyl (C=O) groups excluding carboxylic acids is 2. The summed E-state index contributed by atoms with van der Waals surface area (Å²) in [5, 5.41) is 2.63. The highest BCUT2D eigenvalue weighted by Crippen LogP contribution is 2.27. The van der Waals surface area contributed by atoms with Crippen molar-refractivity contribution in [2.24, 2.45) is 0 Å². The maximum absolute atomic E-state index is 12.3. The average molecular weight is 454 g/mol. The molecule has 0 aromatic heterocycles. The van der Waals surface area contributed by atoms with E-state index in [0.717, 1.165) is 20.0 Å². The van der Waals surface area contributed by atoms with Gasteiger partial charge in [-0.2, -0.15) is 0 Å². The largest absolute Gasteiger partial charge is 0.465 e. The fourth-order valence-corrected chi connectivity index (χ4v) is 4.15. The number of thioether (sulfide) groups is 2. The Morgan fingerprint density at radius 2 is 1.85 bits per heavy atom. The Morgan fingerprint density at radius 1 is 1.15 bits per heavy atom. The molecule has 0 saturated heterocycles. The first-order valence-electron chi connectivity index (χ1n) is 8.01. The Labute approximate surface area is 170 Å². The van der Waals surface area contributed by atoms with E-state index in [1.807, 2.05) is 43.3 Å². The van der Waals surface area contributed by atoms with Crippen LogP contribution in [0.15, 0.2) is 62.8 Å². The normalized spacial score (nSPS) is 11.7. The lowest BCUT2D eigenvalue weighted by molar-refractivity contribution is -0.120. The number of nitrogens with one attached hydrogen (secondary N) is 1. The van der Waals surface area contributed by atoms with Gasteiger partial charge in [-0.1, -0.05) is 28.1 Å². The summed E-state index contributed by atoms with van der Waals surface area (Å²) in [6.45, 7) is 2.42. The lowest BCUT2D eigenvalue weighted by Gasteiger charge is -2.14. The van der Waals surface area contributed by atoms with E-state index in [2.05, 4.69) is 21.2 Å². The van der Waals surface area contributed by atoms with Crippen LogP contribution in [0.1, 0.15) is 17.3 Å². The number of esters is 1. The topological polar surface area (TPSA) is 55.4 Å². The second-order valence-electron chi connectivity index (χ2n) is 5.34. The number of ether oxygens (including phenoxy) is 1. The number of halogens is 1. The maximum atomic E-state index is 12.3. The Balaban J connectivity index is 1.81. The van der Waals surface area contributed by atoms with Gasteiger partial charge in [0.2, 0.25) is 5.91 Å². The molecule has 4 nitrogen and oxygen atoms in total. The van der Waals surface area contributed by atoms with E-state index in [9.17, 15) is 9.59 Å². The second-order valence-corrected chi connectivity index (χ2v) is 8.81. The van der Waals surface area contributed by atoms with Crippen molar-refractivity contribution in [3.8, 4) is 0 Å². The standard InChI is InChI=1S/C19H20BrNO3S2/c1-13(26-17-6-4-3-5-16(17)19(23)24-2)18(22)21-11-12-25-15-9-7-14(20)8-10-15/h3-10,13H,11-12H2,1-2H3,(H,21,22)/t13-/m0/s1. The number of hydrogen-bond acceptors (Lipinski definition) is 5. The molecule has 2 rings (SSSR count). The van der Waals surface area contributed by atoms with Gasteiger partial charge in [0.15, 0.2) is 0 Å². The molecule has 0 spiro atoms. The number of rotatable bonds is 8. The van der Waals surface area contributed by atoms with Crippen LogP contribution in [0.3, 0.4) is 0 Å². The van der Waals surface area contributed by atoms with E-state index >= 15 is 0 Å². The van der Waals surface area contributed by atoms with Gasteiger partial charge in [0, 0.05) is 26.6 Å². The SMILES string of the molecule is COC(=O)c1ccccc1S[C@@H](C)C(=O)NCCSc1ccc(Br)cc1. The molecule has 1 N–H and O–H groups in total. The highest BCUT2D eigenvalue weighted by molar-refractivity contribution is 9.10. The first-order chi connectivity index (χ1) is 12.5. The molecule has 2 aromatic rings. The summed E-state index contributed by atoms with van der Waals surface area (Å²) in [5.74, 6) is 0.349. The number of benzene rings is 2. The number of carbonyl (C=O) groups is 2. The van der Waals surface area contributed by atoms with E-state index < -0.39 is 5.97 Å². The molecule has 2 aromatic carbocycles. The highest BCUT2D eigenvalue weighted by Gasteiger charge is 2.18. The van der Waals surface area contributed by atoms with Crippen LogP contribution >= 0.6 is 39.5 Å². The van der Waals surface area contributed by atoms with Crippen LogP contribution in [-0.2, 0) is 9.53 Å². The molecule has 0 aliphatic carbocycles. The zero-order valence-electron chi connectivity index (χ0n) is 14.5. The molecule has 0 radical (unpaired) electrons. The molecule has 0 aliphatic rings. The van der Waals surface area contributed by atoms with Crippen molar-refractivity contribution in [3.63, 3.8) is 0 Å². The van der Waals surface area contributed by atoms with E-state index in [0.29, 0.717) is 12.1 Å². The van der Waals surface area contributed by atoms with E-state index in [1.165, 1.54) is 18.9 Å². The van der Waals surface area contributed by atoms with Crippen molar-refractivity contribution >= 4 is 51.3 Å². The molecule has 0 heterocycles. The Morgan fingerprint density at radius 3 is 2.54 bits per heavy atom. The molecule has 1 atom stereocenters. The lowest BCUT2D eigenvalue weighted by Crippen LogP contribution is -2.32. The minimum atomic E-state index is -0.397. The van der Waals surface area contributed by atoms with Gasteiger partial charge >= 0.3 is 5.97 Å². The quantitative estimate of drug-likeness (QED) is 0.358. The van der Waals surface area contributed by atoms with Crippen LogP contribution in [0.4, 0.5) is 0 Å². The predicted molar refractivity (Wildman–Crippen MR) is 111 cm³/mol. The Hall–Kier alpha value is -1.44. The van der Waals surface area contributed by atoms with Gasteiger partial charge < -0.3 is 10.1 Å². The minimum Gasteiger partial charge on any atom is -0.465 e. The fraction of sp³-hybridized carbons (Fsp3) is 0.263. The van der Waals surface area contributed by atoms with Gasteiger partial charge in [-0.25, -0.2) is 4.79 Å². The van der Waals surface area contributed by atoms with Crippen molar-refractivity contribution in [1.29, 1.82) is 0 Å². The molecule has 0 fully saturated rings. The first-order valence-corrected chi connectivity index (χ1v) is 10.7. The summed E-state index contributed by atoms with van der Waals surface area (Å²) in [4.78, 5) is 26.0. The molecule has 0 saturated carbocycles. The van der Waals surface area contributed by atoms with Crippen LogP contribution in [0.5, 0.6) is 0 Å². The van der Waals surface area contributed by atoms with Gasteiger partial charge in [0.05, 0.1) is 17.9 Å². The molecular weight excluding hydrogens is 434 g/mol. The predicted octanol–water partition coefficient (Wildman–Crippen LogP) is 4.62. The van der Waals surface area contributed by atoms with Crippen molar-refractivity contribution in [2.75, 3.05) is 19.4 Å². The Bertz CT molecular complexity index is 753. The summed E-state index contributed by atoms with van der Waals surface area (Å²) in [6, 6.07) is 15.2. The zero-order valence-corrected chi connectivity index (χ0v) is 17.7. The van der Waals surface area contributed by atoms with Gasteiger partial charge in [0.1, 0.15) is 0 Å². The minimum absolute atomic E-state index is 0.0499. The summed E-state index contributed by atoms with van der Waals surface area (Å²) in [5.41, 5.74) is 0.477. The number of methoxy groups -OCH3 is 1. The van der Waals surface area contributed by atoms with Gasteiger partial charge in [-0.3, -0.25) is 4.79 Å². The third-order valence-corrected chi connectivity index (χ3v) is 6.17. The van der Waals surface area contributed by atoms with E-state index in [-0.39, 0.29) is 11.2 Å². The molecule has 26 heavy (non-hydrogen) atoms. The molecule has 0 aliphatic heterocycles. The lowest BCUT2D eigenvalue weighted by atomic mass is 10.2. The van der Waals surface area contributed by atoms with Gasteiger partial charge in [-0.05, 0) is 43.3 Å². The van der Waals surface area contributed by atoms with Gasteiger partial charge in [-0.15, -0.1) is 23.5 Å². The molecule has 0 unspecified atom stereocenters. The fourth-order valence-electron chi connectivity index (χ4n) is 2.11. The van der Waals surface area contributed by atoms with Crippen molar-refractivity contribution in [1.82, 2.24) is 5.32 Å². The highest BCUT2D eigenvalue weighted by atomic mass is 79.9. The van der Waals surface area contributed by atoms with Crippen LogP contribution in [0, 0.1) is 0 Å². The molecule has 7 heteroatoms. The summed E-state index contributed by atoms with van der Waals surface area (Å²) in [6.07, 6.45) is 0. The summed E-state index contributed by atoms with van der Waals surface area (Å²) in [7, 11) is 1.35. The molecule has 138 valence electrons. The molecular formula is C19H20BrNO3S2. The third kappa shape index (κ3) is 6.37. The van der Waals surface area contributed by atoms with Crippen LogP contribution in [0.25, 0.3) is 0 Å². The van der Waals surface area contributed by atoms with E-state index in [4.69, 9.17) is 4.74 Å². The van der Waals surface area contributed by atoms with Crippen LogP contribution in [-0.4, -0.2) is 36.5 Å². The average Bonchev–Trinajstić information content (AvgIpc) is 2.66. The zero-order chi connectivity index (χ0) is 18.9.